The molecule has 0 saturated carbocycles. The Morgan fingerprint density at radius 3 is 2.89 bits per heavy atom. The van der Waals surface area contributed by atoms with Gasteiger partial charge >= 0.3 is 5.97 Å². The zero-order valence-electron chi connectivity index (χ0n) is 20.3. The molecule has 2 aliphatic heterocycles. The van der Waals surface area contributed by atoms with E-state index in [1.807, 2.05) is 0 Å². The van der Waals surface area contributed by atoms with Gasteiger partial charge in [0.15, 0.2) is 20.0 Å². The van der Waals surface area contributed by atoms with Crippen molar-refractivity contribution in [1.29, 1.82) is 5.41 Å². The van der Waals surface area contributed by atoms with Crippen LogP contribution in [0.2, 0.25) is 0 Å². The Morgan fingerprint density at radius 2 is 2.18 bits per heavy atom. The van der Waals surface area contributed by atoms with Gasteiger partial charge in [-0.25, -0.2) is 18.4 Å². The van der Waals surface area contributed by atoms with E-state index in [9.17, 15) is 23.1 Å². The first-order chi connectivity index (χ1) is 18.0. The monoisotopic (exact) mass is 577 g/mol. The second-order valence-corrected chi connectivity index (χ2v) is 12.6. The van der Waals surface area contributed by atoms with Crippen molar-refractivity contribution in [1.82, 2.24) is 19.7 Å². The minimum absolute atomic E-state index is 0.00660. The van der Waals surface area contributed by atoms with E-state index in [1.165, 1.54) is 11.1 Å². The Kier molecular flexibility index (Phi) is 6.79. The highest BCUT2D eigenvalue weighted by atomic mass is 32.2. The highest BCUT2D eigenvalue weighted by Gasteiger charge is 2.32. The Morgan fingerprint density at radius 1 is 1.39 bits per heavy atom. The summed E-state index contributed by atoms with van der Waals surface area (Å²) in [7, 11) is -3.56. The van der Waals surface area contributed by atoms with Crippen molar-refractivity contribution < 1.29 is 27.9 Å². The summed E-state index contributed by atoms with van der Waals surface area (Å²) in [6.07, 6.45) is 3.44. The van der Waals surface area contributed by atoms with Crippen LogP contribution >= 0.6 is 22.9 Å². The maximum atomic E-state index is 13.3. The number of aromatic hydroxyl groups is 1. The molecule has 0 spiro atoms. The average Bonchev–Trinajstić information content (AvgIpc) is 3.64. The maximum Gasteiger partial charge on any atom is 0.310 e. The molecule has 0 aliphatic carbocycles. The van der Waals surface area contributed by atoms with Crippen LogP contribution in [0.15, 0.2) is 17.3 Å². The van der Waals surface area contributed by atoms with Gasteiger partial charge in [-0.2, -0.15) is 4.37 Å². The number of hydrogen-bond donors (Lipinski definition) is 4. The smallest absolute Gasteiger partial charge is 0.310 e. The first-order valence-electron chi connectivity index (χ1n) is 11.5. The number of hydrogen-bond acceptors (Lipinski definition) is 13. The molecule has 3 aromatic rings. The number of amides is 1. The second kappa shape index (κ2) is 9.92. The number of rotatable bonds is 7. The van der Waals surface area contributed by atoms with Crippen LogP contribution in [0.1, 0.15) is 32.9 Å². The molecule has 1 unspecified atom stereocenters. The molecule has 38 heavy (non-hydrogen) atoms. The highest BCUT2D eigenvalue weighted by molar-refractivity contribution is 7.90. The number of nitrogens with zero attached hydrogens (tertiary/aromatic N) is 4. The highest BCUT2D eigenvalue weighted by Crippen LogP contribution is 2.36. The van der Waals surface area contributed by atoms with Gasteiger partial charge < -0.3 is 25.4 Å². The lowest BCUT2D eigenvalue weighted by Crippen LogP contribution is -2.31. The third-order valence-electron chi connectivity index (χ3n) is 6.09. The molecule has 4 N–H and O–H groups in total. The fourth-order valence-corrected chi connectivity index (χ4v) is 6.78. The predicted molar refractivity (Wildman–Crippen MR) is 141 cm³/mol. The fourth-order valence-electron chi connectivity index (χ4n) is 4.28. The number of aryl methyl sites for hydroxylation is 1. The van der Waals surface area contributed by atoms with Crippen LogP contribution < -0.4 is 15.5 Å². The predicted octanol–water partition coefficient (Wildman–Crippen LogP) is 1.84. The third kappa shape index (κ3) is 4.93. The quantitative estimate of drug-likeness (QED) is 0.182. The van der Waals surface area contributed by atoms with E-state index in [2.05, 4.69) is 25.0 Å². The first kappa shape index (κ1) is 26.0. The largest absolute Gasteiger partial charge is 0.492 e. The number of carbonyl (C=O) groups excluding carboxylic acids is 2. The number of nitrogens with one attached hydrogen (secondary N) is 3. The van der Waals surface area contributed by atoms with Crippen molar-refractivity contribution in [3.8, 4) is 5.88 Å². The molecule has 1 atom stereocenters. The molecule has 0 radical (unpaired) electrons. The maximum absolute atomic E-state index is 13.3. The molecule has 1 saturated heterocycles. The summed E-state index contributed by atoms with van der Waals surface area (Å²) >= 11 is 1.99. The van der Waals surface area contributed by atoms with Crippen LogP contribution in [0, 0.1) is 18.3 Å². The van der Waals surface area contributed by atoms with E-state index < -0.39 is 9.84 Å². The van der Waals surface area contributed by atoms with Crippen LogP contribution in [-0.2, 0) is 25.8 Å². The van der Waals surface area contributed by atoms with E-state index in [0.717, 1.165) is 29.1 Å². The van der Waals surface area contributed by atoms with Crippen LogP contribution in [0.5, 0.6) is 5.88 Å². The number of thiazole rings is 1. The number of esters is 1. The van der Waals surface area contributed by atoms with Gasteiger partial charge in [-0.1, -0.05) is 11.3 Å². The standard InChI is InChI=1S/C22H23N7O6S3/c1-10-7-13-12(19(26-10)38(2,33)34)3-5-29(13)20(31)14-9-25-22(36-14)27-18-15(17(30)28-37-18)16(23)24-8-11-4-6-35-21(11)32/h7,9,11H,3-6,8H2,1-2H3,(H2,23,24)(H,25,27)(H,28,30). The molecule has 0 aromatic carbocycles. The van der Waals surface area contributed by atoms with Gasteiger partial charge in [0.05, 0.1) is 24.4 Å². The summed E-state index contributed by atoms with van der Waals surface area (Å²) in [5, 5.41) is 25.1. The molecule has 5 rings (SSSR count). The van der Waals surface area contributed by atoms with Gasteiger partial charge in [-0.05, 0) is 37.4 Å². The van der Waals surface area contributed by atoms with Crippen molar-refractivity contribution in [2.45, 2.75) is 24.8 Å². The van der Waals surface area contributed by atoms with Gasteiger partial charge in [-0.15, -0.1) is 0 Å². The van der Waals surface area contributed by atoms with Crippen molar-refractivity contribution in [2.24, 2.45) is 5.92 Å². The van der Waals surface area contributed by atoms with Gasteiger partial charge in [-0.3, -0.25) is 15.0 Å². The molecule has 16 heteroatoms. The number of sulfone groups is 1. The topological polar surface area (TPSA) is 188 Å². The number of pyridine rings is 1. The Labute approximate surface area is 225 Å². The molecule has 1 fully saturated rings. The van der Waals surface area contributed by atoms with Gasteiger partial charge in [0, 0.05) is 30.6 Å². The van der Waals surface area contributed by atoms with Crippen molar-refractivity contribution in [2.75, 3.05) is 36.2 Å². The van der Waals surface area contributed by atoms with E-state index in [1.54, 1.807) is 13.0 Å². The average molecular weight is 578 g/mol. The van der Waals surface area contributed by atoms with Crippen LogP contribution in [0.4, 0.5) is 15.8 Å². The molecule has 2 aliphatic rings. The van der Waals surface area contributed by atoms with E-state index in [0.29, 0.717) is 57.9 Å². The minimum atomic E-state index is -3.56. The molecule has 3 aromatic heterocycles. The lowest BCUT2D eigenvalue weighted by molar-refractivity contribution is -0.141. The SMILES string of the molecule is Cc1cc2c(c(S(C)(=O)=O)n1)CCN2C(=O)c1cnc(Nc2snc(O)c2C(=N)NCC2CCOC2=O)s1. The lowest BCUT2D eigenvalue weighted by atomic mass is 10.1. The van der Waals surface area contributed by atoms with Crippen molar-refractivity contribution >= 4 is 66.2 Å². The number of ether oxygens (including phenoxy) is 1. The van der Waals surface area contributed by atoms with Gasteiger partial charge in [0.2, 0.25) is 5.88 Å². The summed E-state index contributed by atoms with van der Waals surface area (Å²) in [6, 6.07) is 1.70. The second-order valence-electron chi connectivity index (χ2n) is 8.82. The Bertz CT molecular complexity index is 1570. The lowest BCUT2D eigenvalue weighted by Gasteiger charge is -2.17. The molecule has 200 valence electrons. The fraction of sp³-hybridized carbons (Fsp3) is 0.364. The molecule has 5 heterocycles. The zero-order valence-corrected chi connectivity index (χ0v) is 22.7. The van der Waals surface area contributed by atoms with Gasteiger partial charge in [0.25, 0.3) is 5.91 Å². The normalized spacial score (nSPS) is 16.8. The van der Waals surface area contributed by atoms with Crippen molar-refractivity contribution in [3.63, 3.8) is 0 Å². The molecule has 0 bridgehead atoms. The summed E-state index contributed by atoms with van der Waals surface area (Å²) in [4.78, 5) is 35.3. The third-order valence-corrected chi connectivity index (χ3v) is 8.79. The minimum Gasteiger partial charge on any atom is -0.492 e. The number of carbonyl (C=O) groups is 2. The zero-order chi connectivity index (χ0) is 27.2. The molecular formula is C22H23N7O6S3. The van der Waals surface area contributed by atoms with E-state index in [4.69, 9.17) is 10.1 Å². The summed E-state index contributed by atoms with van der Waals surface area (Å²) in [5.41, 5.74) is 1.66. The molecule has 1 amide bonds. The Balaban J connectivity index is 1.32. The summed E-state index contributed by atoms with van der Waals surface area (Å²) in [6.45, 7) is 2.53. The molecule has 13 nitrogen and oxygen atoms in total. The van der Waals surface area contributed by atoms with Crippen molar-refractivity contribution in [3.05, 3.63) is 34.0 Å². The van der Waals surface area contributed by atoms with Crippen LogP contribution in [0.25, 0.3) is 0 Å². The number of aromatic nitrogens is 3. The van der Waals surface area contributed by atoms with Gasteiger partial charge in [0.1, 0.15) is 21.3 Å². The Hall–Kier alpha value is -3.63. The number of amidine groups is 1. The van der Waals surface area contributed by atoms with E-state index in [-0.39, 0.29) is 46.6 Å². The van der Waals surface area contributed by atoms with Crippen LogP contribution in [0.3, 0.4) is 0 Å². The summed E-state index contributed by atoms with van der Waals surface area (Å²) < 4.78 is 33.3. The number of cyclic esters (lactones) is 1. The summed E-state index contributed by atoms with van der Waals surface area (Å²) in [5.74, 6) is -1.49. The number of fused-ring (bicyclic) bond motifs is 1. The number of anilines is 3. The molecular weight excluding hydrogens is 554 g/mol. The van der Waals surface area contributed by atoms with E-state index >= 15 is 0 Å². The first-order valence-corrected chi connectivity index (χ1v) is 14.9. The van der Waals surface area contributed by atoms with Crippen LogP contribution in [-0.4, -0.2) is 71.5 Å².